The first-order valence-corrected chi connectivity index (χ1v) is 8.56. The Hall–Kier alpha value is -3.10. The molecule has 0 fully saturated rings. The first-order chi connectivity index (χ1) is 12.6. The van der Waals surface area contributed by atoms with Crippen LogP contribution in [0.25, 0.3) is 23.0 Å². The highest BCUT2D eigenvalue weighted by Gasteiger charge is 2.10. The lowest BCUT2D eigenvalue weighted by Crippen LogP contribution is -2.00. The summed E-state index contributed by atoms with van der Waals surface area (Å²) in [4.78, 5) is 11.7. The number of carbonyl (C=O) groups excluding carboxylic acids is 1. The van der Waals surface area contributed by atoms with E-state index in [1.165, 1.54) is 7.11 Å². The van der Waals surface area contributed by atoms with Gasteiger partial charge in [-0.05, 0) is 48.0 Å². The highest BCUT2D eigenvalue weighted by atomic mass is 79.9. The van der Waals surface area contributed by atoms with E-state index in [0.29, 0.717) is 22.7 Å². The summed E-state index contributed by atoms with van der Waals surface area (Å²) in [6, 6.07) is 20.3. The van der Waals surface area contributed by atoms with Crippen molar-refractivity contribution in [1.82, 2.24) is 0 Å². The number of esters is 1. The topological polar surface area (TPSA) is 63.2 Å². The van der Waals surface area contributed by atoms with Crippen molar-refractivity contribution in [3.8, 4) is 17.4 Å². The predicted molar refractivity (Wildman–Crippen MR) is 103 cm³/mol. The van der Waals surface area contributed by atoms with Gasteiger partial charge in [-0.15, -0.1) is 0 Å². The van der Waals surface area contributed by atoms with E-state index in [4.69, 9.17) is 9.15 Å². The molecule has 128 valence electrons. The van der Waals surface area contributed by atoms with Gasteiger partial charge in [-0.3, -0.25) is 0 Å². The summed E-state index contributed by atoms with van der Waals surface area (Å²) in [6.07, 6.45) is 1.69. The molecule has 0 unspecified atom stereocenters. The summed E-state index contributed by atoms with van der Waals surface area (Å²) in [5, 5.41) is 9.44. The summed E-state index contributed by atoms with van der Waals surface area (Å²) >= 11 is 3.38. The Labute approximate surface area is 159 Å². The molecule has 0 saturated carbocycles. The van der Waals surface area contributed by atoms with Crippen LogP contribution in [0.1, 0.15) is 21.7 Å². The second-order valence-corrected chi connectivity index (χ2v) is 6.37. The van der Waals surface area contributed by atoms with Crippen LogP contribution in [0.2, 0.25) is 0 Å². The van der Waals surface area contributed by atoms with Crippen molar-refractivity contribution in [3.05, 3.63) is 82.0 Å². The van der Waals surface area contributed by atoms with E-state index in [-0.39, 0.29) is 0 Å². The highest BCUT2D eigenvalue weighted by Crippen LogP contribution is 2.26. The number of ether oxygens (including phenoxy) is 1. The Morgan fingerprint density at radius 2 is 1.88 bits per heavy atom. The van der Waals surface area contributed by atoms with E-state index < -0.39 is 5.97 Å². The van der Waals surface area contributed by atoms with Crippen LogP contribution in [0.15, 0.2) is 69.6 Å². The van der Waals surface area contributed by atoms with E-state index in [1.807, 2.05) is 30.3 Å². The van der Waals surface area contributed by atoms with Gasteiger partial charge in [-0.25, -0.2) is 4.79 Å². The van der Waals surface area contributed by atoms with Gasteiger partial charge >= 0.3 is 5.97 Å². The molecule has 0 spiro atoms. The zero-order valence-electron chi connectivity index (χ0n) is 13.9. The second-order valence-electron chi connectivity index (χ2n) is 5.45. The van der Waals surface area contributed by atoms with Crippen molar-refractivity contribution in [3.63, 3.8) is 0 Å². The van der Waals surface area contributed by atoms with Gasteiger partial charge in [-0.1, -0.05) is 40.2 Å². The predicted octanol–water partition coefficient (Wildman–Crippen LogP) is 5.56. The Kier molecular flexibility index (Phi) is 5.35. The number of hydrogen-bond donors (Lipinski definition) is 0. The first-order valence-electron chi connectivity index (χ1n) is 7.77. The molecule has 1 aromatic heterocycles. The number of halogens is 1. The van der Waals surface area contributed by atoms with Crippen molar-refractivity contribution in [2.75, 3.05) is 7.11 Å². The van der Waals surface area contributed by atoms with Gasteiger partial charge in [0.05, 0.1) is 24.3 Å². The molecule has 0 bridgehead atoms. The molecular weight excluding hydrogens is 394 g/mol. The Morgan fingerprint density at radius 1 is 1.12 bits per heavy atom. The number of benzene rings is 2. The molecule has 3 aromatic rings. The van der Waals surface area contributed by atoms with Crippen LogP contribution in [-0.2, 0) is 4.74 Å². The average Bonchev–Trinajstić information content (AvgIpc) is 3.15. The fourth-order valence-electron chi connectivity index (χ4n) is 2.45. The number of rotatable bonds is 4. The number of nitrogens with zero attached hydrogens (tertiary/aromatic N) is 1. The molecule has 0 radical (unpaired) electrons. The minimum absolute atomic E-state index is 0.402. The van der Waals surface area contributed by atoms with Crippen LogP contribution in [0.4, 0.5) is 0 Å². The third-order valence-corrected chi connectivity index (χ3v) is 4.29. The van der Waals surface area contributed by atoms with Crippen LogP contribution in [0.5, 0.6) is 0 Å². The van der Waals surface area contributed by atoms with E-state index in [2.05, 4.69) is 22.0 Å². The van der Waals surface area contributed by atoms with Crippen molar-refractivity contribution in [2.24, 2.45) is 0 Å². The van der Waals surface area contributed by atoms with Crippen molar-refractivity contribution < 1.29 is 13.9 Å². The third kappa shape index (κ3) is 3.93. The quantitative estimate of drug-likeness (QED) is 0.419. The Bertz CT molecular complexity index is 1010. The molecule has 0 N–H and O–H groups in total. The summed E-state index contributed by atoms with van der Waals surface area (Å²) in [5.41, 5.74) is 2.52. The van der Waals surface area contributed by atoms with Gasteiger partial charge in [0.1, 0.15) is 11.5 Å². The zero-order valence-corrected chi connectivity index (χ0v) is 15.5. The maximum atomic E-state index is 11.7. The van der Waals surface area contributed by atoms with Crippen LogP contribution in [-0.4, -0.2) is 13.1 Å². The van der Waals surface area contributed by atoms with Gasteiger partial charge in [0.2, 0.25) is 0 Å². The van der Waals surface area contributed by atoms with Gasteiger partial charge < -0.3 is 9.15 Å². The average molecular weight is 408 g/mol. The maximum Gasteiger partial charge on any atom is 0.337 e. The molecule has 4 nitrogen and oxygen atoms in total. The van der Waals surface area contributed by atoms with Crippen molar-refractivity contribution in [2.45, 2.75) is 0 Å². The van der Waals surface area contributed by atoms with Gasteiger partial charge in [-0.2, -0.15) is 5.26 Å². The van der Waals surface area contributed by atoms with Crippen LogP contribution < -0.4 is 0 Å². The molecule has 0 aliphatic carbocycles. The fourth-order valence-corrected chi connectivity index (χ4v) is 2.72. The lowest BCUT2D eigenvalue weighted by molar-refractivity contribution is 0.0601. The van der Waals surface area contributed by atoms with Gasteiger partial charge in [0.25, 0.3) is 0 Å². The fraction of sp³-hybridized carbons (Fsp3) is 0.0476. The Balaban J connectivity index is 1.91. The third-order valence-electron chi connectivity index (χ3n) is 3.76. The lowest BCUT2D eigenvalue weighted by Gasteiger charge is -2.02. The van der Waals surface area contributed by atoms with E-state index >= 15 is 0 Å². The number of nitriles is 1. The minimum atomic E-state index is -0.402. The molecule has 0 amide bonds. The van der Waals surface area contributed by atoms with E-state index in [0.717, 1.165) is 15.6 Å². The SMILES string of the molecule is COC(=O)c1cccc(-c2ccc(C=C(C#N)c3ccc(Br)cc3)o2)c1. The summed E-state index contributed by atoms with van der Waals surface area (Å²) in [5.74, 6) is 0.763. The molecule has 2 aromatic carbocycles. The van der Waals surface area contributed by atoms with Crippen molar-refractivity contribution >= 4 is 33.5 Å². The van der Waals surface area contributed by atoms with Gasteiger partial charge in [0.15, 0.2) is 0 Å². The molecular formula is C21H14BrNO3. The molecule has 1 heterocycles. The molecule has 5 heteroatoms. The minimum Gasteiger partial charge on any atom is -0.465 e. The number of allylic oxidation sites excluding steroid dienone is 1. The molecule has 0 atom stereocenters. The molecule has 0 aliphatic rings. The number of hydrogen-bond acceptors (Lipinski definition) is 4. The van der Waals surface area contributed by atoms with E-state index in [9.17, 15) is 10.1 Å². The molecule has 3 rings (SSSR count). The van der Waals surface area contributed by atoms with Crippen LogP contribution >= 0.6 is 15.9 Å². The monoisotopic (exact) mass is 407 g/mol. The maximum absolute atomic E-state index is 11.7. The number of carbonyl (C=O) groups is 1. The van der Waals surface area contributed by atoms with Crippen LogP contribution in [0, 0.1) is 11.3 Å². The smallest absolute Gasteiger partial charge is 0.337 e. The largest absolute Gasteiger partial charge is 0.465 e. The lowest BCUT2D eigenvalue weighted by atomic mass is 10.1. The highest BCUT2D eigenvalue weighted by molar-refractivity contribution is 9.10. The first kappa shape index (κ1) is 17.7. The standard InChI is InChI=1S/C21H14BrNO3/c1-25-21(24)16-4-2-3-15(11-16)20-10-9-19(26-20)12-17(13-23)14-5-7-18(22)8-6-14/h2-12H,1H3. The van der Waals surface area contributed by atoms with Crippen molar-refractivity contribution in [1.29, 1.82) is 5.26 Å². The molecule has 0 saturated heterocycles. The summed E-state index contributed by atoms with van der Waals surface area (Å²) in [6.45, 7) is 0. The number of furan rings is 1. The molecule has 0 aliphatic heterocycles. The number of methoxy groups -OCH3 is 1. The van der Waals surface area contributed by atoms with Crippen LogP contribution in [0.3, 0.4) is 0 Å². The van der Waals surface area contributed by atoms with E-state index in [1.54, 1.807) is 36.4 Å². The summed E-state index contributed by atoms with van der Waals surface area (Å²) in [7, 11) is 1.34. The normalized spacial score (nSPS) is 11.0. The molecule has 26 heavy (non-hydrogen) atoms. The Morgan fingerprint density at radius 3 is 2.58 bits per heavy atom. The van der Waals surface area contributed by atoms with Gasteiger partial charge in [0, 0.05) is 10.0 Å². The second kappa shape index (κ2) is 7.85. The summed E-state index contributed by atoms with van der Waals surface area (Å²) < 4.78 is 11.5. The zero-order chi connectivity index (χ0) is 18.5.